The minimum absolute atomic E-state index is 0.0549. The van der Waals surface area contributed by atoms with Gasteiger partial charge >= 0.3 is 0 Å². The Hall–Kier alpha value is -2.38. The lowest BCUT2D eigenvalue weighted by atomic mass is 10.1. The first kappa shape index (κ1) is 19.9. The monoisotopic (exact) mass is 376 g/mol. The SMILES string of the molecule is CCOc1ccc(S(=O)(=O)NC(C)(C)C)cc1NC(=O)c1ccccc1. The first-order valence-electron chi connectivity index (χ1n) is 8.29. The Kier molecular flexibility index (Phi) is 6.05. The van der Waals surface area contributed by atoms with Crippen LogP contribution in [0, 0.1) is 0 Å². The van der Waals surface area contributed by atoms with Gasteiger partial charge in [0.2, 0.25) is 10.0 Å². The van der Waals surface area contributed by atoms with E-state index in [1.807, 2.05) is 13.0 Å². The lowest BCUT2D eigenvalue weighted by molar-refractivity contribution is 0.102. The third-order valence-electron chi connectivity index (χ3n) is 3.29. The summed E-state index contributed by atoms with van der Waals surface area (Å²) in [6.07, 6.45) is 0. The van der Waals surface area contributed by atoms with Gasteiger partial charge in [-0.3, -0.25) is 4.79 Å². The second kappa shape index (κ2) is 7.88. The maximum Gasteiger partial charge on any atom is 0.255 e. The van der Waals surface area contributed by atoms with Crippen molar-refractivity contribution in [2.24, 2.45) is 0 Å². The molecule has 0 aromatic heterocycles. The molecule has 2 rings (SSSR count). The van der Waals surface area contributed by atoms with Crippen LogP contribution in [-0.2, 0) is 10.0 Å². The van der Waals surface area contributed by atoms with E-state index in [1.54, 1.807) is 51.1 Å². The zero-order chi connectivity index (χ0) is 19.4. The van der Waals surface area contributed by atoms with Gasteiger partial charge in [-0.15, -0.1) is 0 Å². The summed E-state index contributed by atoms with van der Waals surface area (Å²) >= 11 is 0. The van der Waals surface area contributed by atoms with Gasteiger partial charge in [0.15, 0.2) is 0 Å². The third kappa shape index (κ3) is 5.31. The number of sulfonamides is 1. The molecule has 0 aliphatic rings. The summed E-state index contributed by atoms with van der Waals surface area (Å²) in [5, 5.41) is 2.73. The third-order valence-corrected chi connectivity index (χ3v) is 5.04. The van der Waals surface area contributed by atoms with Crippen LogP contribution in [0.1, 0.15) is 38.1 Å². The van der Waals surface area contributed by atoms with Crippen molar-refractivity contribution >= 4 is 21.6 Å². The molecule has 26 heavy (non-hydrogen) atoms. The molecule has 0 saturated heterocycles. The van der Waals surface area contributed by atoms with Crippen LogP contribution < -0.4 is 14.8 Å². The average molecular weight is 376 g/mol. The van der Waals surface area contributed by atoms with E-state index < -0.39 is 15.6 Å². The Morgan fingerprint density at radius 3 is 2.31 bits per heavy atom. The molecule has 1 amide bonds. The molecular formula is C19H24N2O4S. The minimum atomic E-state index is -3.73. The second-order valence-electron chi connectivity index (χ2n) is 6.77. The topological polar surface area (TPSA) is 84.5 Å². The predicted octanol–water partition coefficient (Wildman–Crippen LogP) is 3.41. The normalized spacial score (nSPS) is 11.8. The highest BCUT2D eigenvalue weighted by Gasteiger charge is 2.23. The summed E-state index contributed by atoms with van der Waals surface area (Å²) in [6, 6.07) is 13.1. The van der Waals surface area contributed by atoms with Crippen LogP contribution in [0.25, 0.3) is 0 Å². The number of carbonyl (C=O) groups excluding carboxylic acids is 1. The van der Waals surface area contributed by atoms with Crippen molar-refractivity contribution in [3.8, 4) is 5.75 Å². The van der Waals surface area contributed by atoms with E-state index in [-0.39, 0.29) is 10.8 Å². The second-order valence-corrected chi connectivity index (χ2v) is 8.45. The van der Waals surface area contributed by atoms with E-state index in [9.17, 15) is 13.2 Å². The van der Waals surface area contributed by atoms with Crippen molar-refractivity contribution in [3.05, 3.63) is 54.1 Å². The molecule has 7 heteroatoms. The van der Waals surface area contributed by atoms with Crippen molar-refractivity contribution < 1.29 is 17.9 Å². The smallest absolute Gasteiger partial charge is 0.255 e. The Labute approximate surface area is 154 Å². The zero-order valence-electron chi connectivity index (χ0n) is 15.4. The molecule has 0 saturated carbocycles. The Morgan fingerprint density at radius 1 is 1.08 bits per heavy atom. The van der Waals surface area contributed by atoms with E-state index in [2.05, 4.69) is 10.0 Å². The van der Waals surface area contributed by atoms with E-state index in [0.29, 0.717) is 23.6 Å². The number of anilines is 1. The van der Waals surface area contributed by atoms with Gasteiger partial charge in [0, 0.05) is 11.1 Å². The molecule has 2 N–H and O–H groups in total. The molecule has 0 bridgehead atoms. The molecule has 0 aliphatic carbocycles. The van der Waals surface area contributed by atoms with Crippen LogP contribution in [0.15, 0.2) is 53.4 Å². The number of benzene rings is 2. The molecule has 2 aromatic rings. The van der Waals surface area contributed by atoms with Gasteiger partial charge in [0.05, 0.1) is 17.2 Å². The molecule has 0 spiro atoms. The lowest BCUT2D eigenvalue weighted by Crippen LogP contribution is -2.40. The number of carbonyl (C=O) groups is 1. The maximum atomic E-state index is 12.6. The Balaban J connectivity index is 2.38. The quantitative estimate of drug-likeness (QED) is 0.809. The van der Waals surface area contributed by atoms with Gasteiger partial charge in [-0.2, -0.15) is 0 Å². The van der Waals surface area contributed by atoms with E-state index >= 15 is 0 Å². The number of rotatable bonds is 6. The molecule has 0 aliphatic heterocycles. The first-order valence-corrected chi connectivity index (χ1v) is 9.78. The highest BCUT2D eigenvalue weighted by Crippen LogP contribution is 2.29. The molecule has 6 nitrogen and oxygen atoms in total. The van der Waals surface area contributed by atoms with Crippen molar-refractivity contribution in [2.45, 2.75) is 38.1 Å². The molecule has 2 aromatic carbocycles. The summed E-state index contributed by atoms with van der Waals surface area (Å²) < 4.78 is 33.2. The fourth-order valence-corrected chi connectivity index (χ4v) is 3.75. The summed E-state index contributed by atoms with van der Waals surface area (Å²) in [4.78, 5) is 12.5. The molecule has 0 unspecified atom stereocenters. The number of ether oxygens (including phenoxy) is 1. The molecule has 0 heterocycles. The van der Waals surface area contributed by atoms with E-state index in [0.717, 1.165) is 0 Å². The van der Waals surface area contributed by atoms with Gasteiger partial charge in [0.1, 0.15) is 5.75 Å². The molecule has 0 atom stereocenters. The van der Waals surface area contributed by atoms with Gasteiger partial charge in [-0.1, -0.05) is 18.2 Å². The standard InChI is InChI=1S/C19H24N2O4S/c1-5-25-17-12-11-15(26(23,24)21-19(2,3)4)13-16(17)20-18(22)14-9-7-6-8-10-14/h6-13,21H,5H2,1-4H3,(H,20,22). The molecule has 0 radical (unpaired) electrons. The summed E-state index contributed by atoms with van der Waals surface area (Å²) in [5.41, 5.74) is 0.152. The predicted molar refractivity (Wildman–Crippen MR) is 102 cm³/mol. The van der Waals surface area contributed by atoms with Gasteiger partial charge in [-0.05, 0) is 58.0 Å². The summed E-state index contributed by atoms with van der Waals surface area (Å²) in [6.45, 7) is 7.49. The van der Waals surface area contributed by atoms with Crippen LogP contribution in [0.2, 0.25) is 0 Å². The Morgan fingerprint density at radius 2 is 1.73 bits per heavy atom. The van der Waals surface area contributed by atoms with Crippen LogP contribution in [0.4, 0.5) is 5.69 Å². The van der Waals surface area contributed by atoms with Crippen LogP contribution in [-0.4, -0.2) is 26.5 Å². The number of nitrogens with one attached hydrogen (secondary N) is 2. The summed E-state index contributed by atoms with van der Waals surface area (Å²) in [5.74, 6) is 0.0661. The highest BCUT2D eigenvalue weighted by molar-refractivity contribution is 7.89. The van der Waals surface area contributed by atoms with Crippen LogP contribution in [0.5, 0.6) is 5.75 Å². The first-order chi connectivity index (χ1) is 12.1. The number of hydrogen-bond donors (Lipinski definition) is 2. The maximum absolute atomic E-state index is 12.6. The van der Waals surface area contributed by atoms with Crippen LogP contribution in [0.3, 0.4) is 0 Å². The van der Waals surface area contributed by atoms with E-state index in [4.69, 9.17) is 4.74 Å². The molecule has 0 fully saturated rings. The Bertz CT molecular complexity index is 872. The van der Waals surface area contributed by atoms with Gasteiger partial charge in [0.25, 0.3) is 5.91 Å². The molecule has 140 valence electrons. The van der Waals surface area contributed by atoms with Gasteiger partial charge in [-0.25, -0.2) is 13.1 Å². The average Bonchev–Trinajstić information content (AvgIpc) is 2.55. The summed E-state index contributed by atoms with van der Waals surface area (Å²) in [7, 11) is -3.73. The van der Waals surface area contributed by atoms with E-state index in [1.165, 1.54) is 12.1 Å². The van der Waals surface area contributed by atoms with Crippen LogP contribution >= 0.6 is 0 Å². The lowest BCUT2D eigenvalue weighted by Gasteiger charge is -2.21. The van der Waals surface area contributed by atoms with Crippen molar-refractivity contribution in [3.63, 3.8) is 0 Å². The largest absolute Gasteiger partial charge is 0.492 e. The zero-order valence-corrected chi connectivity index (χ0v) is 16.2. The molecular weight excluding hydrogens is 352 g/mol. The minimum Gasteiger partial charge on any atom is -0.492 e. The van der Waals surface area contributed by atoms with Crippen molar-refractivity contribution in [1.82, 2.24) is 4.72 Å². The fourth-order valence-electron chi connectivity index (χ4n) is 2.30. The fraction of sp³-hybridized carbons (Fsp3) is 0.316. The van der Waals surface area contributed by atoms with Crippen molar-refractivity contribution in [2.75, 3.05) is 11.9 Å². The van der Waals surface area contributed by atoms with Crippen molar-refractivity contribution in [1.29, 1.82) is 0 Å². The number of hydrogen-bond acceptors (Lipinski definition) is 4. The highest BCUT2D eigenvalue weighted by atomic mass is 32.2. The number of amides is 1. The van der Waals surface area contributed by atoms with Gasteiger partial charge < -0.3 is 10.1 Å².